The first-order chi connectivity index (χ1) is 16.5. The second-order valence-corrected chi connectivity index (χ2v) is 8.73. The third kappa shape index (κ3) is 3.29. The van der Waals surface area contributed by atoms with Crippen molar-refractivity contribution in [2.75, 3.05) is 5.73 Å². The van der Waals surface area contributed by atoms with E-state index in [4.69, 9.17) is 17.3 Å². The molecule has 0 unspecified atom stereocenters. The van der Waals surface area contributed by atoms with Gasteiger partial charge in [0.1, 0.15) is 11.6 Å². The second-order valence-electron chi connectivity index (χ2n) is 8.32. The van der Waals surface area contributed by atoms with Crippen LogP contribution in [-0.4, -0.2) is 30.5 Å². The number of aryl methyl sites for hydroxylation is 1. The highest BCUT2D eigenvalue weighted by molar-refractivity contribution is 6.33. The Balaban J connectivity index is 1.29. The van der Waals surface area contributed by atoms with Crippen molar-refractivity contribution in [2.24, 2.45) is 0 Å². The number of rotatable bonds is 4. The molecule has 0 aliphatic heterocycles. The Morgan fingerprint density at radius 2 is 2.03 bits per heavy atom. The van der Waals surface area contributed by atoms with Gasteiger partial charge >= 0.3 is 0 Å². The van der Waals surface area contributed by atoms with E-state index >= 15 is 0 Å². The molecule has 3 heterocycles. The fourth-order valence-electron chi connectivity index (χ4n) is 4.42. The predicted octanol–water partition coefficient (Wildman–Crippen LogP) is 5.18. The number of ketones is 1. The molecule has 8 heteroatoms. The number of nitrogens with one attached hydrogen (secondary N) is 1. The zero-order valence-corrected chi connectivity index (χ0v) is 19.0. The van der Waals surface area contributed by atoms with E-state index in [1.54, 1.807) is 23.1 Å². The Morgan fingerprint density at radius 1 is 1.15 bits per heavy atom. The molecule has 0 spiro atoms. The number of halogens is 1. The highest BCUT2D eigenvalue weighted by atomic mass is 35.5. The normalized spacial score (nSPS) is 12.7. The Kier molecular flexibility index (Phi) is 4.60. The van der Waals surface area contributed by atoms with Crippen LogP contribution in [0.25, 0.3) is 33.9 Å². The highest BCUT2D eigenvalue weighted by Crippen LogP contribution is 2.34. The smallest absolute Gasteiger partial charge is 0.194 e. The quantitative estimate of drug-likeness (QED) is 0.355. The van der Waals surface area contributed by atoms with Crippen molar-refractivity contribution in [3.63, 3.8) is 0 Å². The molecule has 3 N–H and O–H groups in total. The van der Waals surface area contributed by atoms with Crippen LogP contribution in [0.2, 0.25) is 5.02 Å². The molecule has 6 rings (SSSR count). The number of nitrogens with two attached hydrogens (primary N) is 1. The van der Waals surface area contributed by atoms with E-state index in [1.165, 1.54) is 6.20 Å². The van der Waals surface area contributed by atoms with E-state index in [0.717, 1.165) is 44.8 Å². The van der Waals surface area contributed by atoms with Crippen LogP contribution in [-0.2, 0) is 6.42 Å². The molecule has 0 amide bonds. The summed E-state index contributed by atoms with van der Waals surface area (Å²) in [4.78, 5) is 25.2. The molecule has 166 valence electrons. The molecule has 7 nitrogen and oxygen atoms in total. The van der Waals surface area contributed by atoms with Crippen LogP contribution in [0.5, 0.6) is 0 Å². The van der Waals surface area contributed by atoms with Gasteiger partial charge < -0.3 is 10.7 Å². The van der Waals surface area contributed by atoms with Crippen LogP contribution in [0, 0.1) is 6.92 Å². The first kappa shape index (κ1) is 20.4. The first-order valence-electron chi connectivity index (χ1n) is 10.8. The number of benzene rings is 2. The van der Waals surface area contributed by atoms with Gasteiger partial charge in [0.15, 0.2) is 5.78 Å². The Labute approximate surface area is 199 Å². The number of nitrogen functional groups attached to an aromatic ring is 1. The minimum Gasteiger partial charge on any atom is -0.383 e. The number of fused-ring (bicyclic) bond motifs is 2. The summed E-state index contributed by atoms with van der Waals surface area (Å²) in [5.41, 5.74) is 13.9. The number of aromatic nitrogens is 5. The zero-order chi connectivity index (χ0) is 23.4. The van der Waals surface area contributed by atoms with E-state index in [-0.39, 0.29) is 5.78 Å². The summed E-state index contributed by atoms with van der Waals surface area (Å²) in [7, 11) is 0. The number of hydrogen-bond acceptors (Lipinski definition) is 5. The Hall–Kier alpha value is -4.23. The zero-order valence-electron chi connectivity index (χ0n) is 18.2. The summed E-state index contributed by atoms with van der Waals surface area (Å²) < 4.78 is 1.58. The lowest BCUT2D eigenvalue weighted by Crippen LogP contribution is -2.08. The first-order valence-corrected chi connectivity index (χ1v) is 11.1. The van der Waals surface area contributed by atoms with Crippen molar-refractivity contribution < 1.29 is 4.79 Å². The topological polar surface area (TPSA) is 102 Å². The van der Waals surface area contributed by atoms with Gasteiger partial charge in [-0.3, -0.25) is 9.78 Å². The monoisotopic (exact) mass is 466 g/mol. The summed E-state index contributed by atoms with van der Waals surface area (Å²) in [5.74, 6) is 1.01. The lowest BCUT2D eigenvalue weighted by Gasteiger charge is -2.07. The standard InChI is InChI=1S/C26H19ClN6O/c1-14-31-23-5-4-19(11-24(23)32-14)33-26(28)21(13-30-33)25(34)18-8-15-2-3-16(9-17(15)10-18)20-12-29-7-6-22(20)27/h2-9,11-13H,10,28H2,1H3,(H,31,32). The minimum absolute atomic E-state index is 0.126. The fourth-order valence-corrected chi connectivity index (χ4v) is 4.63. The Bertz CT molecular complexity index is 1640. The number of carbonyl (C=O) groups excluding carboxylic acids is 1. The van der Waals surface area contributed by atoms with E-state index in [2.05, 4.69) is 26.1 Å². The molecule has 0 radical (unpaired) electrons. The van der Waals surface area contributed by atoms with Gasteiger partial charge in [0.2, 0.25) is 0 Å². The van der Waals surface area contributed by atoms with Gasteiger partial charge in [0.25, 0.3) is 0 Å². The SMILES string of the molecule is Cc1nc2ccc(-n3ncc(C(=O)C4=Cc5ccc(-c6cnccc6Cl)cc5C4)c3N)cc2[nH]1. The van der Waals surface area contributed by atoms with Crippen LogP contribution in [0.4, 0.5) is 5.82 Å². The highest BCUT2D eigenvalue weighted by Gasteiger charge is 2.24. The number of carbonyl (C=O) groups is 1. The van der Waals surface area contributed by atoms with Crippen molar-refractivity contribution in [3.8, 4) is 16.8 Å². The molecule has 0 bridgehead atoms. The van der Waals surface area contributed by atoms with Crippen LogP contribution in [0.1, 0.15) is 27.3 Å². The van der Waals surface area contributed by atoms with Crippen molar-refractivity contribution in [1.29, 1.82) is 0 Å². The molecule has 0 saturated heterocycles. The van der Waals surface area contributed by atoms with Crippen LogP contribution < -0.4 is 5.73 Å². The molecule has 5 aromatic rings. The predicted molar refractivity (Wildman–Crippen MR) is 133 cm³/mol. The number of hydrogen-bond donors (Lipinski definition) is 2. The average Bonchev–Trinajstić information content (AvgIpc) is 3.53. The van der Waals surface area contributed by atoms with Gasteiger partial charge in [-0.2, -0.15) is 5.10 Å². The van der Waals surface area contributed by atoms with Crippen molar-refractivity contribution >= 4 is 40.3 Å². The fraction of sp³-hybridized carbons (Fsp3) is 0.0769. The third-order valence-electron chi connectivity index (χ3n) is 6.10. The largest absolute Gasteiger partial charge is 0.383 e. The Morgan fingerprint density at radius 3 is 2.88 bits per heavy atom. The maximum Gasteiger partial charge on any atom is 0.194 e. The summed E-state index contributed by atoms with van der Waals surface area (Å²) in [5, 5.41) is 5.03. The molecule has 1 aliphatic rings. The van der Waals surface area contributed by atoms with Gasteiger partial charge in [0.05, 0.1) is 33.5 Å². The minimum atomic E-state index is -0.126. The lowest BCUT2D eigenvalue weighted by molar-refractivity contribution is 0.103. The van der Waals surface area contributed by atoms with Gasteiger partial charge in [-0.25, -0.2) is 9.67 Å². The molecule has 3 aromatic heterocycles. The molecule has 34 heavy (non-hydrogen) atoms. The van der Waals surface area contributed by atoms with Crippen LogP contribution in [0.3, 0.4) is 0 Å². The van der Waals surface area contributed by atoms with Crippen LogP contribution >= 0.6 is 11.6 Å². The number of anilines is 1. The summed E-state index contributed by atoms with van der Waals surface area (Å²) >= 11 is 6.34. The van der Waals surface area contributed by atoms with E-state index < -0.39 is 0 Å². The molecule has 0 saturated carbocycles. The lowest BCUT2D eigenvalue weighted by atomic mass is 10.00. The summed E-state index contributed by atoms with van der Waals surface area (Å²) in [6.45, 7) is 1.90. The average molecular weight is 467 g/mol. The van der Waals surface area contributed by atoms with Crippen molar-refractivity contribution in [3.05, 3.63) is 94.2 Å². The molecular formula is C26H19ClN6O. The number of Topliss-reactive ketones (excluding diaryl/α,β-unsaturated/α-hetero) is 1. The third-order valence-corrected chi connectivity index (χ3v) is 6.43. The maximum absolute atomic E-state index is 13.4. The van der Waals surface area contributed by atoms with Gasteiger partial charge in [0, 0.05) is 30.0 Å². The van der Waals surface area contributed by atoms with E-state index in [1.807, 2.05) is 43.3 Å². The van der Waals surface area contributed by atoms with Gasteiger partial charge in [-0.05, 0) is 54.0 Å². The van der Waals surface area contributed by atoms with Gasteiger partial charge in [-0.1, -0.05) is 29.8 Å². The number of imidazole rings is 1. The number of aromatic amines is 1. The molecule has 0 fully saturated rings. The van der Waals surface area contributed by atoms with Crippen molar-refractivity contribution in [2.45, 2.75) is 13.3 Å². The second kappa shape index (κ2) is 7.67. The van der Waals surface area contributed by atoms with Crippen molar-refractivity contribution in [1.82, 2.24) is 24.7 Å². The molecule has 0 atom stereocenters. The number of H-pyrrole nitrogens is 1. The summed E-state index contributed by atoms with van der Waals surface area (Å²) in [6, 6.07) is 13.5. The maximum atomic E-state index is 13.4. The molecule has 2 aromatic carbocycles. The van der Waals surface area contributed by atoms with Crippen LogP contribution in [0.15, 0.2) is 66.6 Å². The van der Waals surface area contributed by atoms with E-state index in [9.17, 15) is 4.79 Å². The van der Waals surface area contributed by atoms with Gasteiger partial charge in [-0.15, -0.1) is 0 Å². The molecule has 1 aliphatic carbocycles. The van der Waals surface area contributed by atoms with E-state index in [0.29, 0.717) is 28.4 Å². The molecular weight excluding hydrogens is 448 g/mol. The number of allylic oxidation sites excluding steroid dienone is 1. The summed E-state index contributed by atoms with van der Waals surface area (Å²) in [6.07, 6.45) is 7.38. The number of pyridine rings is 1. The number of nitrogens with zero attached hydrogens (tertiary/aromatic N) is 4.